The summed E-state index contributed by atoms with van der Waals surface area (Å²) >= 11 is 11.4. The van der Waals surface area contributed by atoms with Gasteiger partial charge in [-0.1, -0.05) is 38.3 Å². The second-order valence-electron chi connectivity index (χ2n) is 5.89. The first-order chi connectivity index (χ1) is 10.4. The SMILES string of the molecule is C[C@H]1[C@@H](NC(=S)Nc2cc([N+](=O)[O-])ccc2Cl)CCC[C@@H]1C. The van der Waals surface area contributed by atoms with Gasteiger partial charge in [0, 0.05) is 18.2 Å². The van der Waals surface area contributed by atoms with Crippen LogP contribution in [0.1, 0.15) is 33.1 Å². The van der Waals surface area contributed by atoms with Gasteiger partial charge in [-0.3, -0.25) is 10.1 Å². The molecule has 1 aromatic rings. The van der Waals surface area contributed by atoms with Crippen LogP contribution in [0.25, 0.3) is 0 Å². The molecule has 2 rings (SSSR count). The predicted octanol–water partition coefficient (Wildman–Crippen LogP) is 4.36. The minimum Gasteiger partial charge on any atom is -0.359 e. The van der Waals surface area contributed by atoms with Crippen molar-refractivity contribution < 1.29 is 4.92 Å². The highest BCUT2D eigenvalue weighted by Gasteiger charge is 2.27. The normalized spacial score (nSPS) is 24.6. The molecule has 5 nitrogen and oxygen atoms in total. The Hall–Kier alpha value is -1.40. The van der Waals surface area contributed by atoms with Gasteiger partial charge in [-0.25, -0.2) is 0 Å². The largest absolute Gasteiger partial charge is 0.359 e. The summed E-state index contributed by atoms with van der Waals surface area (Å²) in [6, 6.07) is 4.58. The number of hydrogen-bond acceptors (Lipinski definition) is 3. The number of nitro benzene ring substituents is 1. The third-order valence-corrected chi connectivity index (χ3v) is 4.98. The lowest BCUT2D eigenvalue weighted by atomic mass is 9.78. The highest BCUT2D eigenvalue weighted by molar-refractivity contribution is 7.80. The van der Waals surface area contributed by atoms with Crippen molar-refractivity contribution in [1.82, 2.24) is 5.32 Å². The zero-order valence-corrected chi connectivity index (χ0v) is 14.2. The van der Waals surface area contributed by atoms with Crippen LogP contribution >= 0.6 is 23.8 Å². The van der Waals surface area contributed by atoms with Gasteiger partial charge in [0.1, 0.15) is 0 Å². The zero-order chi connectivity index (χ0) is 16.3. The summed E-state index contributed by atoms with van der Waals surface area (Å²) < 4.78 is 0. The molecule has 0 unspecified atom stereocenters. The standard InChI is InChI=1S/C15H20ClN3O2S/c1-9-4-3-5-13(10(9)2)17-15(22)18-14-8-11(19(20)21)6-7-12(14)16/h6-10,13H,3-5H2,1-2H3,(H2,17,18,22)/t9-,10+,13-/m0/s1. The minimum atomic E-state index is -0.455. The third kappa shape index (κ3) is 4.08. The van der Waals surface area contributed by atoms with E-state index in [-0.39, 0.29) is 5.69 Å². The van der Waals surface area contributed by atoms with Gasteiger partial charge in [0.15, 0.2) is 5.11 Å². The van der Waals surface area contributed by atoms with E-state index in [2.05, 4.69) is 24.5 Å². The number of thiocarbonyl (C=S) groups is 1. The number of non-ortho nitro benzene ring substituents is 1. The van der Waals surface area contributed by atoms with Crippen LogP contribution in [-0.4, -0.2) is 16.1 Å². The molecular formula is C15H20ClN3O2S. The topological polar surface area (TPSA) is 67.2 Å². The van der Waals surface area contributed by atoms with E-state index in [1.807, 2.05) is 0 Å². The van der Waals surface area contributed by atoms with Crippen LogP contribution in [0, 0.1) is 22.0 Å². The van der Waals surface area contributed by atoms with Gasteiger partial charge in [0.2, 0.25) is 0 Å². The van der Waals surface area contributed by atoms with Gasteiger partial charge in [0.05, 0.1) is 15.6 Å². The van der Waals surface area contributed by atoms with E-state index in [4.69, 9.17) is 23.8 Å². The molecule has 120 valence electrons. The van der Waals surface area contributed by atoms with Gasteiger partial charge in [0.25, 0.3) is 5.69 Å². The molecule has 1 fully saturated rings. The van der Waals surface area contributed by atoms with Gasteiger partial charge in [-0.05, 0) is 36.5 Å². The number of anilines is 1. The Labute approximate surface area is 140 Å². The lowest BCUT2D eigenvalue weighted by Crippen LogP contribution is -2.45. The Kier molecular flexibility index (Phi) is 5.58. The molecule has 2 N–H and O–H groups in total. The van der Waals surface area contributed by atoms with E-state index < -0.39 is 4.92 Å². The molecule has 1 aliphatic rings. The minimum absolute atomic E-state index is 0.0191. The quantitative estimate of drug-likeness (QED) is 0.485. The van der Waals surface area contributed by atoms with Gasteiger partial charge >= 0.3 is 0 Å². The molecule has 0 spiro atoms. The maximum atomic E-state index is 10.8. The van der Waals surface area contributed by atoms with E-state index in [0.717, 1.165) is 6.42 Å². The molecule has 1 aromatic carbocycles. The molecular weight excluding hydrogens is 322 g/mol. The summed E-state index contributed by atoms with van der Waals surface area (Å²) in [5.41, 5.74) is 0.430. The van der Waals surface area contributed by atoms with Crippen molar-refractivity contribution >= 4 is 40.3 Å². The zero-order valence-electron chi connectivity index (χ0n) is 12.6. The first-order valence-corrected chi connectivity index (χ1v) is 8.18. The van der Waals surface area contributed by atoms with E-state index in [1.54, 1.807) is 0 Å². The summed E-state index contributed by atoms with van der Waals surface area (Å²) in [4.78, 5) is 10.4. The van der Waals surface area contributed by atoms with Crippen molar-refractivity contribution in [2.45, 2.75) is 39.2 Å². The number of rotatable bonds is 3. The second-order valence-corrected chi connectivity index (χ2v) is 6.71. The van der Waals surface area contributed by atoms with Crippen LogP contribution in [-0.2, 0) is 0 Å². The van der Waals surface area contributed by atoms with Crippen molar-refractivity contribution in [2.24, 2.45) is 11.8 Å². The monoisotopic (exact) mass is 341 g/mol. The molecule has 1 saturated carbocycles. The summed E-state index contributed by atoms with van der Waals surface area (Å²) in [5.74, 6) is 1.20. The summed E-state index contributed by atoms with van der Waals surface area (Å²) in [6.07, 6.45) is 3.51. The molecule has 0 amide bonds. The first kappa shape index (κ1) is 17.0. The number of halogens is 1. The Bertz CT molecular complexity index is 582. The average molecular weight is 342 g/mol. The molecule has 3 atom stereocenters. The summed E-state index contributed by atoms with van der Waals surface area (Å²) in [6.45, 7) is 4.48. The van der Waals surface area contributed by atoms with Crippen LogP contribution in [0.15, 0.2) is 18.2 Å². The lowest BCUT2D eigenvalue weighted by Gasteiger charge is -2.35. The Morgan fingerprint density at radius 1 is 1.41 bits per heavy atom. The molecule has 0 saturated heterocycles. The maximum absolute atomic E-state index is 10.8. The molecule has 7 heteroatoms. The number of nitrogens with one attached hydrogen (secondary N) is 2. The van der Waals surface area contributed by atoms with Crippen molar-refractivity contribution in [2.75, 3.05) is 5.32 Å². The van der Waals surface area contributed by atoms with E-state index >= 15 is 0 Å². The fourth-order valence-electron chi connectivity index (χ4n) is 2.84. The van der Waals surface area contributed by atoms with E-state index in [1.165, 1.54) is 31.0 Å². The number of hydrogen-bond donors (Lipinski definition) is 2. The van der Waals surface area contributed by atoms with E-state index in [0.29, 0.717) is 33.7 Å². The Balaban J connectivity index is 2.03. The van der Waals surface area contributed by atoms with Gasteiger partial charge < -0.3 is 10.6 Å². The fourth-order valence-corrected chi connectivity index (χ4v) is 3.26. The molecule has 22 heavy (non-hydrogen) atoms. The van der Waals surface area contributed by atoms with Gasteiger partial charge in [-0.2, -0.15) is 0 Å². The summed E-state index contributed by atoms with van der Waals surface area (Å²) in [5, 5.41) is 18.0. The molecule has 0 bridgehead atoms. The Morgan fingerprint density at radius 2 is 2.14 bits per heavy atom. The Morgan fingerprint density at radius 3 is 2.82 bits per heavy atom. The van der Waals surface area contributed by atoms with E-state index in [9.17, 15) is 10.1 Å². The van der Waals surface area contributed by atoms with Crippen LogP contribution in [0.5, 0.6) is 0 Å². The van der Waals surface area contributed by atoms with Crippen LogP contribution in [0.2, 0.25) is 5.02 Å². The smallest absolute Gasteiger partial charge is 0.271 e. The summed E-state index contributed by atoms with van der Waals surface area (Å²) in [7, 11) is 0. The predicted molar refractivity (Wildman–Crippen MR) is 93.4 cm³/mol. The van der Waals surface area contributed by atoms with Crippen LogP contribution < -0.4 is 10.6 Å². The van der Waals surface area contributed by atoms with Crippen LogP contribution in [0.3, 0.4) is 0 Å². The number of nitro groups is 1. The molecule has 0 aromatic heterocycles. The fraction of sp³-hybridized carbons (Fsp3) is 0.533. The number of nitrogens with zero attached hydrogens (tertiary/aromatic N) is 1. The average Bonchev–Trinajstić information content (AvgIpc) is 2.46. The highest BCUT2D eigenvalue weighted by atomic mass is 35.5. The third-order valence-electron chi connectivity index (χ3n) is 4.43. The maximum Gasteiger partial charge on any atom is 0.271 e. The first-order valence-electron chi connectivity index (χ1n) is 7.40. The number of benzene rings is 1. The molecule has 0 radical (unpaired) electrons. The lowest BCUT2D eigenvalue weighted by molar-refractivity contribution is -0.384. The van der Waals surface area contributed by atoms with Gasteiger partial charge in [-0.15, -0.1) is 0 Å². The van der Waals surface area contributed by atoms with Crippen molar-refractivity contribution in [3.8, 4) is 0 Å². The van der Waals surface area contributed by atoms with Crippen LogP contribution in [0.4, 0.5) is 11.4 Å². The highest BCUT2D eigenvalue weighted by Crippen LogP contribution is 2.30. The van der Waals surface area contributed by atoms with Crippen molar-refractivity contribution in [1.29, 1.82) is 0 Å². The van der Waals surface area contributed by atoms with Crippen molar-refractivity contribution in [3.63, 3.8) is 0 Å². The molecule has 0 heterocycles. The molecule has 0 aliphatic heterocycles. The second kappa shape index (κ2) is 7.24. The molecule has 1 aliphatic carbocycles. The van der Waals surface area contributed by atoms with Crippen molar-refractivity contribution in [3.05, 3.63) is 33.3 Å².